The van der Waals surface area contributed by atoms with E-state index in [0.717, 1.165) is 21.5 Å². The molecule has 0 bridgehead atoms. The monoisotopic (exact) mass is 556 g/mol. The van der Waals surface area contributed by atoms with Crippen LogP contribution in [0.3, 0.4) is 0 Å². The van der Waals surface area contributed by atoms with Crippen LogP contribution in [0, 0.1) is 0 Å². The fourth-order valence-electron chi connectivity index (χ4n) is 4.61. The van der Waals surface area contributed by atoms with E-state index in [4.69, 9.17) is 14.2 Å². The summed E-state index contributed by atoms with van der Waals surface area (Å²) in [6.07, 6.45) is 0. The molecule has 7 nitrogen and oxygen atoms in total. The summed E-state index contributed by atoms with van der Waals surface area (Å²) in [5, 5.41) is 25.1. The van der Waals surface area contributed by atoms with Crippen molar-refractivity contribution >= 4 is 33.3 Å². The number of hydrogen-bond acceptors (Lipinski definition) is 7. The van der Waals surface area contributed by atoms with Crippen molar-refractivity contribution in [1.82, 2.24) is 0 Å². The third-order valence-electron chi connectivity index (χ3n) is 6.80. The summed E-state index contributed by atoms with van der Waals surface area (Å²) in [4.78, 5) is 25.8. The van der Waals surface area contributed by atoms with E-state index >= 15 is 0 Å². The van der Waals surface area contributed by atoms with Gasteiger partial charge in [0.1, 0.15) is 28.7 Å². The topological polar surface area (TPSA) is 102 Å². The van der Waals surface area contributed by atoms with Gasteiger partial charge in [-0.2, -0.15) is 0 Å². The number of ketones is 1. The minimum absolute atomic E-state index is 0.0333. The molecule has 0 heterocycles. The first-order valence-corrected chi connectivity index (χ1v) is 13.1. The number of carbonyl (C=O) groups excluding carboxylic acids is 2. The Kier molecular flexibility index (Phi) is 7.13. The highest BCUT2D eigenvalue weighted by Gasteiger charge is 2.19. The Hall–Kier alpha value is -5.82. The van der Waals surface area contributed by atoms with E-state index in [9.17, 15) is 19.8 Å². The van der Waals surface area contributed by atoms with E-state index in [1.165, 1.54) is 36.4 Å². The number of hydrogen-bond donors (Lipinski definition) is 2. The average molecular weight is 557 g/mol. The van der Waals surface area contributed by atoms with Gasteiger partial charge in [-0.1, -0.05) is 60.7 Å². The van der Waals surface area contributed by atoms with Gasteiger partial charge >= 0.3 is 5.97 Å². The zero-order valence-corrected chi connectivity index (χ0v) is 22.2. The number of carbonyl (C=O) groups is 2. The molecule has 7 heteroatoms. The predicted molar refractivity (Wildman–Crippen MR) is 159 cm³/mol. The smallest absolute Gasteiger partial charge is 0.343 e. The zero-order valence-electron chi connectivity index (χ0n) is 22.2. The van der Waals surface area contributed by atoms with Crippen LogP contribution in [0.5, 0.6) is 28.7 Å². The van der Waals surface area contributed by atoms with Crippen LogP contribution in [0.4, 0.5) is 0 Å². The zero-order chi connectivity index (χ0) is 29.1. The number of rotatable bonds is 8. The summed E-state index contributed by atoms with van der Waals surface area (Å²) in [6.45, 7) is -0.106. The molecule has 0 saturated carbocycles. The van der Waals surface area contributed by atoms with Gasteiger partial charge < -0.3 is 24.4 Å². The van der Waals surface area contributed by atoms with E-state index in [1.807, 2.05) is 72.8 Å². The third kappa shape index (κ3) is 5.57. The van der Waals surface area contributed by atoms with Crippen LogP contribution in [0.15, 0.2) is 121 Å². The van der Waals surface area contributed by atoms with Gasteiger partial charge in [0.05, 0.1) is 16.7 Å². The van der Waals surface area contributed by atoms with Gasteiger partial charge in [-0.05, 0) is 70.1 Å². The molecule has 0 amide bonds. The molecule has 206 valence electrons. The van der Waals surface area contributed by atoms with Gasteiger partial charge in [0.15, 0.2) is 5.78 Å². The molecule has 0 unspecified atom stereocenters. The first-order chi connectivity index (χ1) is 20.4. The molecule has 0 aliphatic heterocycles. The Bertz CT molecular complexity index is 1960. The number of ether oxygens (including phenoxy) is 3. The van der Waals surface area contributed by atoms with E-state index in [0.29, 0.717) is 17.1 Å². The molecule has 0 aromatic heterocycles. The van der Waals surface area contributed by atoms with Crippen molar-refractivity contribution in [2.24, 2.45) is 0 Å². The molecule has 2 N–H and O–H groups in total. The van der Waals surface area contributed by atoms with Crippen LogP contribution >= 0.6 is 0 Å². The summed E-state index contributed by atoms with van der Waals surface area (Å²) in [7, 11) is 0. The Morgan fingerprint density at radius 3 is 1.67 bits per heavy atom. The highest BCUT2D eigenvalue weighted by atomic mass is 16.7. The van der Waals surface area contributed by atoms with Crippen molar-refractivity contribution in [3.63, 3.8) is 0 Å². The number of fused-ring (bicyclic) bond motifs is 2. The normalized spacial score (nSPS) is 10.9. The molecule has 42 heavy (non-hydrogen) atoms. The van der Waals surface area contributed by atoms with Crippen molar-refractivity contribution in [1.29, 1.82) is 0 Å². The van der Waals surface area contributed by atoms with Crippen molar-refractivity contribution in [3.8, 4) is 28.7 Å². The van der Waals surface area contributed by atoms with Gasteiger partial charge in [0, 0.05) is 12.1 Å². The molecule has 0 radical (unpaired) electrons. The minimum atomic E-state index is -0.614. The Morgan fingerprint density at radius 1 is 0.524 bits per heavy atom. The first kappa shape index (κ1) is 26.4. The lowest BCUT2D eigenvalue weighted by Crippen LogP contribution is -2.09. The second-order valence-corrected chi connectivity index (χ2v) is 9.55. The lowest BCUT2D eigenvalue weighted by molar-refractivity contribution is 0.0734. The van der Waals surface area contributed by atoms with E-state index in [-0.39, 0.29) is 29.4 Å². The Labute approximate surface area is 240 Å². The number of esters is 1. The molecule has 0 spiro atoms. The van der Waals surface area contributed by atoms with E-state index < -0.39 is 17.5 Å². The van der Waals surface area contributed by atoms with Crippen LogP contribution in [0.2, 0.25) is 0 Å². The molecular formula is C35H24O7. The fourth-order valence-corrected chi connectivity index (χ4v) is 4.61. The number of aromatic hydroxyl groups is 2. The molecule has 0 aliphatic carbocycles. The van der Waals surface area contributed by atoms with E-state index in [1.54, 1.807) is 12.1 Å². The van der Waals surface area contributed by atoms with Gasteiger partial charge in [-0.15, -0.1) is 0 Å². The first-order valence-electron chi connectivity index (χ1n) is 13.1. The molecule has 0 fully saturated rings. The Morgan fingerprint density at radius 2 is 1.02 bits per heavy atom. The van der Waals surface area contributed by atoms with E-state index in [2.05, 4.69) is 0 Å². The van der Waals surface area contributed by atoms with Gasteiger partial charge in [0.25, 0.3) is 0 Å². The fraction of sp³-hybridized carbons (Fsp3) is 0.0286. The molecule has 6 aromatic rings. The third-order valence-corrected chi connectivity index (χ3v) is 6.80. The lowest BCUT2D eigenvalue weighted by atomic mass is 10.0. The second kappa shape index (κ2) is 11.3. The van der Waals surface area contributed by atoms with Crippen LogP contribution < -0.4 is 14.2 Å². The van der Waals surface area contributed by atoms with Crippen molar-refractivity contribution < 1.29 is 34.0 Å². The highest BCUT2D eigenvalue weighted by Crippen LogP contribution is 2.31. The Balaban J connectivity index is 1.10. The molecule has 6 aromatic carbocycles. The standard InChI is InChI=1S/C35H24O7/c36-32-19-28(41-21-40-27-12-11-23-6-2-4-8-25(23)18-27)13-15-30(32)34(38)31-16-14-29(20-33(31)37)42-35(39)26-10-9-22-5-1-3-7-24(22)17-26/h1-20,36-37H,21H2. The van der Waals surface area contributed by atoms with Crippen LogP contribution in [-0.2, 0) is 0 Å². The lowest BCUT2D eigenvalue weighted by Gasteiger charge is -2.12. The number of phenols is 2. The summed E-state index contributed by atoms with van der Waals surface area (Å²) >= 11 is 0. The van der Waals surface area contributed by atoms with Crippen LogP contribution in [0.1, 0.15) is 26.3 Å². The SMILES string of the molecule is O=C(Oc1ccc(C(=O)c2ccc(OCOc3ccc4ccccc4c3)cc2O)c(O)c1)c1ccc2ccccc2c1. The molecule has 0 aliphatic rings. The van der Waals surface area contributed by atoms with Crippen LogP contribution in [0.25, 0.3) is 21.5 Å². The molecule has 6 rings (SSSR count). The second-order valence-electron chi connectivity index (χ2n) is 9.55. The quantitative estimate of drug-likeness (QED) is 0.0880. The van der Waals surface area contributed by atoms with Crippen LogP contribution in [-0.4, -0.2) is 28.8 Å². The maximum absolute atomic E-state index is 13.1. The summed E-state index contributed by atoms with van der Waals surface area (Å²) in [5.41, 5.74) is 0.251. The molecule has 0 saturated heterocycles. The summed E-state index contributed by atoms with van der Waals surface area (Å²) < 4.78 is 16.7. The molecule has 0 atom stereocenters. The maximum atomic E-state index is 13.1. The van der Waals surface area contributed by atoms with Gasteiger partial charge in [-0.25, -0.2) is 4.79 Å². The molecular weight excluding hydrogens is 532 g/mol. The predicted octanol–water partition coefficient (Wildman–Crippen LogP) is 7.27. The number of benzene rings is 6. The van der Waals surface area contributed by atoms with Crippen molar-refractivity contribution in [2.75, 3.05) is 6.79 Å². The van der Waals surface area contributed by atoms with Crippen molar-refractivity contribution in [2.45, 2.75) is 0 Å². The highest BCUT2D eigenvalue weighted by molar-refractivity contribution is 6.12. The largest absolute Gasteiger partial charge is 0.507 e. The van der Waals surface area contributed by atoms with Gasteiger partial charge in [0.2, 0.25) is 6.79 Å². The number of phenolic OH excluding ortho intramolecular Hbond substituents is 2. The minimum Gasteiger partial charge on any atom is -0.507 e. The average Bonchev–Trinajstić information content (AvgIpc) is 3.00. The van der Waals surface area contributed by atoms with Gasteiger partial charge in [-0.3, -0.25) is 4.79 Å². The summed E-state index contributed by atoms with van der Waals surface area (Å²) in [6, 6.07) is 34.6. The van der Waals surface area contributed by atoms with Crippen molar-refractivity contribution in [3.05, 3.63) is 138 Å². The summed E-state index contributed by atoms with van der Waals surface area (Å²) in [5.74, 6) is -0.937. The maximum Gasteiger partial charge on any atom is 0.343 e.